The minimum Gasteiger partial charge on any atom is -0.451 e. The number of ether oxygens (including phenoxy) is 1. The predicted molar refractivity (Wildman–Crippen MR) is 89.8 cm³/mol. The monoisotopic (exact) mass is 341 g/mol. The second kappa shape index (κ2) is 8.68. The highest BCUT2D eigenvalue weighted by Crippen LogP contribution is 2.04. The molecule has 0 unspecified atom stereocenters. The largest absolute Gasteiger partial charge is 0.451 e. The molecule has 0 aliphatic heterocycles. The second-order valence-electron chi connectivity index (χ2n) is 5.54. The first-order chi connectivity index (χ1) is 12.0. The number of esters is 1. The number of hydrogen-bond donors (Lipinski definition) is 1. The molecule has 2 rings (SSSR count). The van der Waals surface area contributed by atoms with Gasteiger partial charge in [0.15, 0.2) is 18.1 Å². The van der Waals surface area contributed by atoms with Gasteiger partial charge in [-0.3, -0.25) is 14.6 Å². The summed E-state index contributed by atoms with van der Waals surface area (Å²) in [6.07, 6.45) is 3.09. The van der Waals surface area contributed by atoms with Gasteiger partial charge in [-0.25, -0.2) is 9.78 Å². The molecule has 1 aromatic carbocycles. The maximum absolute atomic E-state index is 12.0. The average molecular weight is 341 g/mol. The summed E-state index contributed by atoms with van der Waals surface area (Å²) >= 11 is 0. The van der Waals surface area contributed by atoms with E-state index in [-0.39, 0.29) is 11.5 Å². The Balaban J connectivity index is 1.87. The molecule has 0 aliphatic carbocycles. The molecule has 1 aromatic heterocycles. The van der Waals surface area contributed by atoms with Crippen LogP contribution in [0.2, 0.25) is 0 Å². The fourth-order valence-corrected chi connectivity index (χ4v) is 2.09. The van der Waals surface area contributed by atoms with Crippen molar-refractivity contribution in [3.63, 3.8) is 0 Å². The van der Waals surface area contributed by atoms with Crippen LogP contribution in [0.4, 0.5) is 0 Å². The summed E-state index contributed by atoms with van der Waals surface area (Å²) in [5.74, 6) is -1.47. The van der Waals surface area contributed by atoms with E-state index in [1.165, 1.54) is 19.3 Å². The SMILES string of the molecule is CC(=O)[C@@H](Cc1ccccc1)NC(=O)COC(=O)c1cnc(C)cn1. The minimum atomic E-state index is -0.745. The molecule has 130 valence electrons. The lowest BCUT2D eigenvalue weighted by atomic mass is 10.0. The van der Waals surface area contributed by atoms with Gasteiger partial charge in [-0.05, 0) is 25.8 Å². The van der Waals surface area contributed by atoms with Crippen molar-refractivity contribution >= 4 is 17.7 Å². The number of benzene rings is 1. The van der Waals surface area contributed by atoms with Crippen molar-refractivity contribution in [2.75, 3.05) is 6.61 Å². The number of aromatic nitrogens is 2. The first-order valence-corrected chi connectivity index (χ1v) is 7.75. The number of rotatable bonds is 7. The molecule has 0 saturated heterocycles. The third-order valence-corrected chi connectivity index (χ3v) is 3.43. The molecule has 2 aromatic rings. The number of Topliss-reactive ketones (excluding diaryl/α,β-unsaturated/α-hetero) is 1. The Hall–Kier alpha value is -3.09. The van der Waals surface area contributed by atoms with E-state index in [1.807, 2.05) is 30.3 Å². The van der Waals surface area contributed by atoms with Gasteiger partial charge in [0, 0.05) is 6.20 Å². The highest BCUT2D eigenvalue weighted by atomic mass is 16.5. The highest BCUT2D eigenvalue weighted by molar-refractivity contribution is 5.91. The number of ketones is 1. The molecule has 1 heterocycles. The number of carbonyl (C=O) groups excluding carboxylic acids is 3. The van der Waals surface area contributed by atoms with Gasteiger partial charge >= 0.3 is 5.97 Å². The van der Waals surface area contributed by atoms with Crippen LogP contribution in [-0.2, 0) is 20.7 Å². The van der Waals surface area contributed by atoms with E-state index in [9.17, 15) is 14.4 Å². The molecule has 1 N–H and O–H groups in total. The smallest absolute Gasteiger partial charge is 0.359 e. The van der Waals surface area contributed by atoms with Crippen molar-refractivity contribution < 1.29 is 19.1 Å². The normalized spacial score (nSPS) is 11.4. The van der Waals surface area contributed by atoms with Crippen LogP contribution in [0.1, 0.15) is 28.7 Å². The first kappa shape index (κ1) is 18.3. The van der Waals surface area contributed by atoms with Gasteiger partial charge in [-0.15, -0.1) is 0 Å². The third-order valence-electron chi connectivity index (χ3n) is 3.43. The molecule has 0 saturated carbocycles. The van der Waals surface area contributed by atoms with Crippen molar-refractivity contribution in [3.05, 3.63) is 59.7 Å². The van der Waals surface area contributed by atoms with Crippen molar-refractivity contribution in [3.8, 4) is 0 Å². The van der Waals surface area contributed by atoms with Gasteiger partial charge in [0.05, 0.1) is 17.9 Å². The first-order valence-electron chi connectivity index (χ1n) is 7.75. The zero-order valence-corrected chi connectivity index (χ0v) is 14.1. The summed E-state index contributed by atoms with van der Waals surface area (Å²) in [4.78, 5) is 43.3. The van der Waals surface area contributed by atoms with Crippen LogP contribution >= 0.6 is 0 Å². The fourth-order valence-electron chi connectivity index (χ4n) is 2.09. The topological polar surface area (TPSA) is 98.2 Å². The van der Waals surface area contributed by atoms with Gasteiger partial charge < -0.3 is 10.1 Å². The summed E-state index contributed by atoms with van der Waals surface area (Å²) < 4.78 is 4.90. The minimum absolute atomic E-state index is 0.0193. The Kier molecular flexibility index (Phi) is 6.33. The Morgan fingerprint density at radius 2 is 1.84 bits per heavy atom. The van der Waals surface area contributed by atoms with Crippen LogP contribution in [0.25, 0.3) is 0 Å². The number of aryl methyl sites for hydroxylation is 1. The number of nitrogens with one attached hydrogen (secondary N) is 1. The molecule has 0 aliphatic rings. The van der Waals surface area contributed by atoms with Crippen LogP contribution in [0.5, 0.6) is 0 Å². The van der Waals surface area contributed by atoms with Gasteiger partial charge in [-0.1, -0.05) is 30.3 Å². The maximum atomic E-state index is 12.0. The third kappa shape index (κ3) is 5.80. The molecule has 0 spiro atoms. The standard InChI is InChI=1S/C18H19N3O4/c1-12-9-20-16(10-19-12)18(24)25-11-17(23)21-15(13(2)22)8-14-6-4-3-5-7-14/h3-7,9-10,15H,8,11H2,1-2H3,(H,21,23)/t15-/m1/s1. The van der Waals surface area contributed by atoms with Gasteiger partial charge in [0.1, 0.15) is 0 Å². The van der Waals surface area contributed by atoms with Crippen molar-refractivity contribution in [1.29, 1.82) is 0 Å². The molecule has 0 fully saturated rings. The molecular formula is C18H19N3O4. The number of hydrogen-bond acceptors (Lipinski definition) is 6. The maximum Gasteiger partial charge on any atom is 0.359 e. The Morgan fingerprint density at radius 1 is 1.12 bits per heavy atom. The van der Waals surface area contributed by atoms with E-state index < -0.39 is 24.5 Å². The number of carbonyl (C=O) groups is 3. The molecule has 25 heavy (non-hydrogen) atoms. The zero-order valence-electron chi connectivity index (χ0n) is 14.1. The summed E-state index contributed by atoms with van der Waals surface area (Å²) in [7, 11) is 0. The Bertz CT molecular complexity index is 745. The summed E-state index contributed by atoms with van der Waals surface area (Å²) in [6, 6.07) is 8.67. The summed E-state index contributed by atoms with van der Waals surface area (Å²) in [5.41, 5.74) is 1.61. The van der Waals surface area contributed by atoms with Crippen LogP contribution in [-0.4, -0.2) is 40.3 Å². The van der Waals surface area contributed by atoms with E-state index in [1.54, 1.807) is 6.92 Å². The van der Waals surface area contributed by atoms with Crippen molar-refractivity contribution in [2.45, 2.75) is 26.3 Å². The van der Waals surface area contributed by atoms with Gasteiger partial charge in [0.2, 0.25) is 0 Å². The molecule has 0 radical (unpaired) electrons. The Labute approximate surface area is 145 Å². The predicted octanol–water partition coefficient (Wildman–Crippen LogP) is 1.26. The van der Waals surface area contributed by atoms with E-state index >= 15 is 0 Å². The lowest BCUT2D eigenvalue weighted by Gasteiger charge is -2.16. The average Bonchev–Trinajstić information content (AvgIpc) is 2.60. The van der Waals surface area contributed by atoms with E-state index in [4.69, 9.17) is 4.74 Å². The van der Waals surface area contributed by atoms with Crippen LogP contribution in [0.15, 0.2) is 42.7 Å². The van der Waals surface area contributed by atoms with Crippen molar-refractivity contribution in [1.82, 2.24) is 15.3 Å². The van der Waals surface area contributed by atoms with Crippen molar-refractivity contribution in [2.24, 2.45) is 0 Å². The lowest BCUT2D eigenvalue weighted by Crippen LogP contribution is -2.43. The molecular weight excluding hydrogens is 322 g/mol. The Morgan fingerprint density at radius 3 is 2.44 bits per heavy atom. The number of amides is 1. The zero-order chi connectivity index (χ0) is 18.2. The van der Waals surface area contributed by atoms with E-state index in [0.29, 0.717) is 12.1 Å². The molecule has 1 amide bonds. The molecule has 0 bridgehead atoms. The van der Waals surface area contributed by atoms with Crippen LogP contribution in [0.3, 0.4) is 0 Å². The van der Waals surface area contributed by atoms with E-state index in [2.05, 4.69) is 15.3 Å². The molecule has 7 nitrogen and oxygen atoms in total. The van der Waals surface area contributed by atoms with Gasteiger partial charge in [0.25, 0.3) is 5.91 Å². The van der Waals surface area contributed by atoms with Gasteiger partial charge in [-0.2, -0.15) is 0 Å². The lowest BCUT2D eigenvalue weighted by molar-refractivity contribution is -0.128. The highest BCUT2D eigenvalue weighted by Gasteiger charge is 2.19. The quantitative estimate of drug-likeness (QED) is 0.761. The second-order valence-corrected chi connectivity index (χ2v) is 5.54. The van der Waals surface area contributed by atoms with Crippen LogP contribution < -0.4 is 5.32 Å². The fraction of sp³-hybridized carbons (Fsp3) is 0.278. The number of nitrogens with zero attached hydrogens (tertiary/aromatic N) is 2. The summed E-state index contributed by atoms with van der Waals surface area (Å²) in [6.45, 7) is 2.65. The van der Waals surface area contributed by atoms with Crippen LogP contribution in [0, 0.1) is 6.92 Å². The summed E-state index contributed by atoms with van der Waals surface area (Å²) in [5, 5.41) is 2.58. The molecule has 1 atom stereocenters. The molecule has 7 heteroatoms. The van der Waals surface area contributed by atoms with E-state index in [0.717, 1.165) is 5.56 Å².